The van der Waals surface area contributed by atoms with Crippen molar-refractivity contribution in [3.8, 4) is 57.8 Å². The molecule has 8 amide bonds. The molecule has 0 bridgehead atoms. The third-order valence-corrected chi connectivity index (χ3v) is 19.0. The van der Waals surface area contributed by atoms with Crippen LogP contribution in [0.1, 0.15) is 165 Å². The monoisotopic (exact) mass is 1270 g/mol. The molecule has 97 heavy (non-hydrogen) atoms. The minimum Gasteiger partial charge on any atom is -0.457 e. The number of hydrogen-bond donors (Lipinski definition) is 0. The molecular weight excluding hydrogens is 1210 g/mol. The van der Waals surface area contributed by atoms with Crippen LogP contribution in [0, 0.1) is 23.7 Å². The van der Waals surface area contributed by atoms with Crippen molar-refractivity contribution in [3.63, 3.8) is 0 Å². The molecule has 0 N–H and O–H groups in total. The number of imide groups is 4. The summed E-state index contributed by atoms with van der Waals surface area (Å²) < 4.78 is 12.5. The van der Waals surface area contributed by atoms with E-state index in [2.05, 4.69) is 23.7 Å². The van der Waals surface area contributed by atoms with Crippen molar-refractivity contribution in [3.05, 3.63) is 308 Å². The minimum absolute atomic E-state index is 0.112. The van der Waals surface area contributed by atoms with Crippen molar-refractivity contribution in [2.45, 2.75) is 70.9 Å². The third kappa shape index (κ3) is 10.8. The minimum atomic E-state index is -1.06. The lowest BCUT2D eigenvalue weighted by molar-refractivity contribution is -0.117. The second-order valence-electron chi connectivity index (χ2n) is 24.1. The zero-order valence-electron chi connectivity index (χ0n) is 53.3. The highest BCUT2D eigenvalue weighted by atomic mass is 16.5. The first kappa shape index (κ1) is 62.0. The maximum absolute atomic E-state index is 15.0. The van der Waals surface area contributed by atoms with Crippen LogP contribution in [0.2, 0.25) is 0 Å². The van der Waals surface area contributed by atoms with Gasteiger partial charge in [-0.2, -0.15) is 0 Å². The van der Waals surface area contributed by atoms with Crippen molar-refractivity contribution >= 4 is 58.6 Å². The van der Waals surface area contributed by atoms with Crippen molar-refractivity contribution in [2.75, 3.05) is 9.80 Å². The number of carbonyl (C=O) groups is 8. The topological polar surface area (TPSA) is 168 Å². The van der Waals surface area contributed by atoms with Gasteiger partial charge in [-0.15, -0.1) is 0 Å². The van der Waals surface area contributed by atoms with Crippen molar-refractivity contribution in [1.29, 1.82) is 0 Å². The number of hydrogen-bond acceptors (Lipinski definition) is 10. The summed E-state index contributed by atoms with van der Waals surface area (Å²) in [5.41, 5.74) is 6.68. The third-order valence-electron chi connectivity index (χ3n) is 19.0. The lowest BCUT2D eigenvalue weighted by Gasteiger charge is -2.40. The largest absolute Gasteiger partial charge is 0.457 e. The summed E-state index contributed by atoms with van der Waals surface area (Å²) in [6, 6.07) is 67.2. The molecule has 0 saturated heterocycles. The average Bonchev–Trinajstić information content (AvgIpc) is 1.59. The van der Waals surface area contributed by atoms with Crippen LogP contribution in [0.15, 0.2) is 231 Å². The zero-order chi connectivity index (χ0) is 67.3. The molecule has 14 rings (SSSR count). The molecule has 0 atom stereocenters. The van der Waals surface area contributed by atoms with Crippen LogP contribution in [0.4, 0.5) is 11.4 Å². The molecule has 4 aliphatic heterocycles. The van der Waals surface area contributed by atoms with Crippen molar-refractivity contribution in [1.82, 2.24) is 9.80 Å². The summed E-state index contributed by atoms with van der Waals surface area (Å²) in [5, 5.41) is 0. The van der Waals surface area contributed by atoms with Crippen LogP contribution in [0.3, 0.4) is 0 Å². The van der Waals surface area contributed by atoms with E-state index in [0.29, 0.717) is 110 Å². The van der Waals surface area contributed by atoms with Gasteiger partial charge >= 0.3 is 0 Å². The molecule has 4 heterocycles. The molecule has 0 radical (unpaired) electrons. The van der Waals surface area contributed by atoms with E-state index < -0.39 is 46.5 Å². The molecule has 10 aromatic rings. The first-order chi connectivity index (χ1) is 47.1. The molecule has 0 unspecified atom stereocenters. The Balaban J connectivity index is 0.629. The Kier molecular flexibility index (Phi) is 16.0. The molecule has 0 saturated carbocycles. The lowest BCUT2D eigenvalue weighted by Crippen LogP contribution is -2.48. The van der Waals surface area contributed by atoms with Gasteiger partial charge in [0, 0.05) is 27.8 Å². The van der Waals surface area contributed by atoms with Gasteiger partial charge in [-0.05, 0) is 205 Å². The maximum atomic E-state index is 15.0. The van der Waals surface area contributed by atoms with E-state index in [1.54, 1.807) is 146 Å². The summed E-state index contributed by atoms with van der Waals surface area (Å²) in [5.74, 6) is 10.8. The number of carbonyl (C=O) groups excluding carboxylic acids is 8. The summed E-state index contributed by atoms with van der Waals surface area (Å²) >= 11 is 0. The molecule has 14 heteroatoms. The van der Waals surface area contributed by atoms with E-state index in [1.165, 1.54) is 9.80 Å². The van der Waals surface area contributed by atoms with Gasteiger partial charge < -0.3 is 9.47 Å². The molecule has 4 aliphatic rings. The van der Waals surface area contributed by atoms with Crippen LogP contribution in [-0.4, -0.2) is 57.1 Å². The Morgan fingerprint density at radius 3 is 1.23 bits per heavy atom. The maximum Gasteiger partial charge on any atom is 0.266 e. The van der Waals surface area contributed by atoms with E-state index in [4.69, 9.17) is 9.47 Å². The van der Waals surface area contributed by atoms with Crippen molar-refractivity contribution < 1.29 is 47.8 Å². The van der Waals surface area contributed by atoms with Crippen LogP contribution in [0.5, 0.6) is 23.0 Å². The summed E-state index contributed by atoms with van der Waals surface area (Å²) in [4.78, 5) is 118. The van der Waals surface area contributed by atoms with Crippen molar-refractivity contribution in [2.24, 2.45) is 0 Å². The van der Waals surface area contributed by atoms with Gasteiger partial charge in [-0.3, -0.25) is 48.2 Å². The van der Waals surface area contributed by atoms with E-state index in [0.717, 1.165) is 32.1 Å². The SMILES string of the molecule is CCC(CC)(c1ccc(Oc2ccc(N3C(=O)Cc4cc(-c5cccc6c5C(=O)N(C(CC)(CC)c5ccc(Oc7ccc(N8C(=O)c9ccc(C#Cc%10ccccc%10)cc9C8=O)cc7)cc5)C6=O)ccc4C3=O)cc2)cc1)N1C(=O)c2ccc(C#Cc3ccccc3)cc2C1=O. The van der Waals surface area contributed by atoms with Gasteiger partial charge in [0.25, 0.3) is 41.4 Å². The number of rotatable bonds is 15. The summed E-state index contributed by atoms with van der Waals surface area (Å²) in [6.07, 6.45) is 1.62. The van der Waals surface area contributed by atoms with E-state index in [1.807, 2.05) is 113 Å². The standard InChI is InChI=1S/C83H60N4O10/c1-5-82(6-2,86-78(92)69-46-27-55(49-72(69)80(86)94)25-23-53-18-13-10-14-19-53)58-29-37-62(38-30-58)96-64-41-33-60(34-42-64)84-73(88)51-57-50-56(28-47-67(57)75(84)89)66-20-15-21-70-74(66)81(95)87(79(70)93)83(7-3,8-4)59-31-39-63(40-32-59)97-65-43-35-61(36-44-65)85-76(90)68-45-26-54(48-71(68)77(85)91)24-22-52-16-11-9-12-17-52/h9-21,26-50H,5-8,51H2,1-4H3. The van der Waals surface area contributed by atoms with Gasteiger partial charge in [0.05, 0.1) is 62.3 Å². The molecular formula is C83H60N4O10. The van der Waals surface area contributed by atoms with Crippen LogP contribution >= 0.6 is 0 Å². The molecule has 0 spiro atoms. The highest BCUT2D eigenvalue weighted by Gasteiger charge is 2.51. The molecule has 0 fully saturated rings. The second kappa shape index (κ2) is 25.1. The molecule has 0 aromatic heterocycles. The predicted octanol–water partition coefficient (Wildman–Crippen LogP) is 15.9. The van der Waals surface area contributed by atoms with Gasteiger partial charge in [-0.1, -0.05) is 130 Å². The number of ether oxygens (including phenoxy) is 2. The molecule has 472 valence electrons. The normalized spacial score (nSPS) is 14.0. The number of anilines is 2. The Labute approximate surface area is 560 Å². The van der Waals surface area contributed by atoms with Gasteiger partial charge in [0.15, 0.2) is 0 Å². The number of fused-ring (bicyclic) bond motifs is 4. The molecule has 0 aliphatic carbocycles. The fourth-order valence-corrected chi connectivity index (χ4v) is 13.8. The quantitative estimate of drug-likeness (QED) is 0.0711. The average molecular weight is 1270 g/mol. The van der Waals surface area contributed by atoms with E-state index >= 15 is 0 Å². The highest BCUT2D eigenvalue weighted by Crippen LogP contribution is 2.46. The summed E-state index contributed by atoms with van der Waals surface area (Å²) in [6.45, 7) is 7.79. The first-order valence-corrected chi connectivity index (χ1v) is 32.1. The fourth-order valence-electron chi connectivity index (χ4n) is 13.8. The van der Waals surface area contributed by atoms with Gasteiger partial charge in [0.2, 0.25) is 5.91 Å². The number of nitrogens with zero attached hydrogens (tertiary/aromatic N) is 4. The van der Waals surface area contributed by atoms with Crippen LogP contribution < -0.4 is 19.3 Å². The Morgan fingerprint density at radius 2 is 0.722 bits per heavy atom. The Morgan fingerprint density at radius 1 is 0.330 bits per heavy atom. The molecule has 14 nitrogen and oxygen atoms in total. The van der Waals surface area contributed by atoms with Gasteiger partial charge in [0.1, 0.15) is 23.0 Å². The highest BCUT2D eigenvalue weighted by molar-refractivity contribution is 6.34. The Bertz CT molecular complexity index is 5070. The van der Waals surface area contributed by atoms with E-state index in [-0.39, 0.29) is 34.9 Å². The zero-order valence-corrected chi connectivity index (χ0v) is 53.3. The predicted molar refractivity (Wildman–Crippen MR) is 368 cm³/mol. The fraction of sp³-hybridized carbons (Fsp3) is 0.133. The number of amides is 8. The first-order valence-electron chi connectivity index (χ1n) is 32.1. The number of benzene rings is 10. The van der Waals surface area contributed by atoms with Gasteiger partial charge in [-0.25, -0.2) is 9.80 Å². The van der Waals surface area contributed by atoms with E-state index in [9.17, 15) is 38.4 Å². The molecule has 10 aromatic carbocycles. The second-order valence-corrected chi connectivity index (χ2v) is 24.1. The van der Waals surface area contributed by atoms with Crippen LogP contribution in [0.25, 0.3) is 11.1 Å². The Hall–Kier alpha value is -12.5. The smallest absolute Gasteiger partial charge is 0.266 e. The van der Waals surface area contributed by atoms with Crippen LogP contribution in [-0.2, 0) is 22.3 Å². The lowest BCUT2D eigenvalue weighted by atomic mass is 9.82. The summed E-state index contributed by atoms with van der Waals surface area (Å²) in [7, 11) is 0.